The Kier molecular flexibility index (Phi) is 59.8. The van der Waals surface area contributed by atoms with E-state index in [4.69, 9.17) is 5.11 Å². The molecule has 0 unspecified atom stereocenters. The Morgan fingerprint density at radius 2 is 0.700 bits per heavy atom. The van der Waals surface area contributed by atoms with E-state index in [1.807, 2.05) is 0 Å². The minimum Gasteiger partial charge on any atom is -0.400 e. The average molecular weight is 148 g/mol. The van der Waals surface area contributed by atoms with Crippen molar-refractivity contribution in [3.63, 3.8) is 0 Å². The third kappa shape index (κ3) is 100. The van der Waals surface area contributed by atoms with Crippen LogP contribution in [0.1, 0.15) is 53.4 Å². The fourth-order valence-corrected chi connectivity index (χ4v) is 0. The highest BCUT2D eigenvalue weighted by molar-refractivity contribution is 4.13. The minimum atomic E-state index is 1.00. The zero-order valence-corrected chi connectivity index (χ0v) is 8.28. The lowest BCUT2D eigenvalue weighted by molar-refractivity contribution is 0.399. The van der Waals surface area contributed by atoms with E-state index in [0.717, 1.165) is 7.11 Å². The number of unbranched alkanes of at least 4 members (excludes halogenated alkanes) is 2. The van der Waals surface area contributed by atoms with Crippen molar-refractivity contribution < 1.29 is 5.11 Å². The van der Waals surface area contributed by atoms with Crippen LogP contribution in [-0.2, 0) is 0 Å². The lowest BCUT2D eigenvalue weighted by atomic mass is 10.4. The zero-order chi connectivity index (χ0) is 8.83. The van der Waals surface area contributed by atoms with Crippen molar-refractivity contribution in [2.24, 2.45) is 0 Å². The van der Waals surface area contributed by atoms with Crippen LogP contribution in [0.15, 0.2) is 0 Å². The molecule has 66 valence electrons. The van der Waals surface area contributed by atoms with E-state index in [2.05, 4.69) is 27.7 Å². The van der Waals surface area contributed by atoms with Crippen LogP contribution in [0, 0.1) is 0 Å². The second kappa shape index (κ2) is 36.2. The van der Waals surface area contributed by atoms with Gasteiger partial charge in [-0.1, -0.05) is 53.4 Å². The quantitative estimate of drug-likeness (QED) is 0.637. The Morgan fingerprint density at radius 3 is 0.700 bits per heavy atom. The summed E-state index contributed by atoms with van der Waals surface area (Å²) >= 11 is 0. The average Bonchev–Trinajstić information content (AvgIpc) is 2.08. The SMILES string of the molecule is CCCC.CCCC.CO. The van der Waals surface area contributed by atoms with E-state index in [-0.39, 0.29) is 0 Å². The number of hydrogen-bond acceptors (Lipinski definition) is 1. The molecule has 0 amide bonds. The van der Waals surface area contributed by atoms with Crippen LogP contribution in [-0.4, -0.2) is 12.2 Å². The molecule has 0 fully saturated rings. The molecule has 0 aliphatic rings. The van der Waals surface area contributed by atoms with Crippen LogP contribution in [0.4, 0.5) is 0 Å². The maximum atomic E-state index is 7.00. The van der Waals surface area contributed by atoms with Gasteiger partial charge in [0.15, 0.2) is 0 Å². The normalized spacial score (nSPS) is 6.60. The molecule has 0 aliphatic carbocycles. The second-order valence-corrected chi connectivity index (χ2v) is 2.00. The van der Waals surface area contributed by atoms with E-state index in [1.165, 1.54) is 25.7 Å². The van der Waals surface area contributed by atoms with E-state index in [9.17, 15) is 0 Å². The molecule has 0 aliphatic heterocycles. The summed E-state index contributed by atoms with van der Waals surface area (Å²) in [7, 11) is 1.00. The first-order valence-corrected chi connectivity index (χ1v) is 4.28. The van der Waals surface area contributed by atoms with Gasteiger partial charge in [0.2, 0.25) is 0 Å². The number of aliphatic hydroxyl groups excluding tert-OH is 1. The zero-order valence-electron chi connectivity index (χ0n) is 8.28. The molecule has 0 aromatic rings. The Hall–Kier alpha value is -0.0400. The lowest BCUT2D eigenvalue weighted by Gasteiger charge is -1.68. The molecular weight excluding hydrogens is 124 g/mol. The summed E-state index contributed by atoms with van der Waals surface area (Å²) in [5.41, 5.74) is 0. The Bertz CT molecular complexity index is 12.7. The third-order valence-electron chi connectivity index (χ3n) is 1.000. The van der Waals surface area contributed by atoms with Crippen LogP contribution in [0.25, 0.3) is 0 Å². The van der Waals surface area contributed by atoms with Gasteiger partial charge >= 0.3 is 0 Å². The van der Waals surface area contributed by atoms with Gasteiger partial charge < -0.3 is 5.11 Å². The number of rotatable bonds is 2. The fraction of sp³-hybridized carbons (Fsp3) is 1.00. The van der Waals surface area contributed by atoms with Crippen molar-refractivity contribution >= 4 is 0 Å². The van der Waals surface area contributed by atoms with Gasteiger partial charge in [0, 0.05) is 7.11 Å². The molecule has 1 nitrogen and oxygen atoms in total. The molecule has 0 aromatic carbocycles. The lowest BCUT2D eigenvalue weighted by Crippen LogP contribution is -1.47. The van der Waals surface area contributed by atoms with Gasteiger partial charge in [-0.15, -0.1) is 0 Å². The van der Waals surface area contributed by atoms with Gasteiger partial charge in [0.25, 0.3) is 0 Å². The van der Waals surface area contributed by atoms with Crippen LogP contribution in [0.3, 0.4) is 0 Å². The summed E-state index contributed by atoms with van der Waals surface area (Å²) in [4.78, 5) is 0. The molecular formula is C9H24O. The summed E-state index contributed by atoms with van der Waals surface area (Å²) in [5, 5.41) is 7.00. The summed E-state index contributed by atoms with van der Waals surface area (Å²) in [5.74, 6) is 0. The fourth-order valence-electron chi connectivity index (χ4n) is 0. The topological polar surface area (TPSA) is 20.2 Å². The molecule has 10 heavy (non-hydrogen) atoms. The molecule has 0 rings (SSSR count). The van der Waals surface area contributed by atoms with E-state index >= 15 is 0 Å². The molecule has 0 radical (unpaired) electrons. The predicted octanol–water partition coefficient (Wildman–Crippen LogP) is 3.22. The Morgan fingerprint density at radius 1 is 0.600 bits per heavy atom. The summed E-state index contributed by atoms with van der Waals surface area (Å²) < 4.78 is 0. The summed E-state index contributed by atoms with van der Waals surface area (Å²) in [6, 6.07) is 0. The highest BCUT2D eigenvalue weighted by atomic mass is 16.2. The monoisotopic (exact) mass is 148 g/mol. The second-order valence-electron chi connectivity index (χ2n) is 2.00. The van der Waals surface area contributed by atoms with Crippen LogP contribution in [0.2, 0.25) is 0 Å². The molecule has 0 bridgehead atoms. The first kappa shape index (κ1) is 16.5. The molecule has 0 saturated heterocycles. The summed E-state index contributed by atoms with van der Waals surface area (Å²) in [6.45, 7) is 8.72. The summed E-state index contributed by atoms with van der Waals surface area (Å²) in [6.07, 6.45) is 5.28. The van der Waals surface area contributed by atoms with Crippen molar-refractivity contribution in [3.05, 3.63) is 0 Å². The maximum absolute atomic E-state index is 7.00. The maximum Gasteiger partial charge on any atom is 0.0319 e. The first-order chi connectivity index (χ1) is 4.83. The molecule has 0 aromatic heterocycles. The molecule has 0 spiro atoms. The Labute approximate surface area is 66.5 Å². The minimum absolute atomic E-state index is 1.00. The van der Waals surface area contributed by atoms with Gasteiger partial charge in [-0.25, -0.2) is 0 Å². The van der Waals surface area contributed by atoms with Gasteiger partial charge in [0.1, 0.15) is 0 Å². The highest BCUT2D eigenvalue weighted by Gasteiger charge is 1.56. The van der Waals surface area contributed by atoms with Crippen molar-refractivity contribution in [3.8, 4) is 0 Å². The van der Waals surface area contributed by atoms with Crippen molar-refractivity contribution in [1.29, 1.82) is 0 Å². The largest absolute Gasteiger partial charge is 0.400 e. The van der Waals surface area contributed by atoms with Gasteiger partial charge in [-0.3, -0.25) is 0 Å². The molecule has 0 saturated carbocycles. The van der Waals surface area contributed by atoms with E-state index in [1.54, 1.807) is 0 Å². The number of hydrogen-bond donors (Lipinski definition) is 1. The molecule has 0 atom stereocenters. The Balaban J connectivity index is -0.0000000787. The van der Waals surface area contributed by atoms with Gasteiger partial charge in [-0.05, 0) is 0 Å². The van der Waals surface area contributed by atoms with Gasteiger partial charge in [0.05, 0.1) is 0 Å². The smallest absolute Gasteiger partial charge is 0.0319 e. The first-order valence-electron chi connectivity index (χ1n) is 4.28. The molecule has 1 N–H and O–H groups in total. The third-order valence-corrected chi connectivity index (χ3v) is 1.000. The van der Waals surface area contributed by atoms with Crippen molar-refractivity contribution in [2.45, 2.75) is 53.4 Å². The highest BCUT2D eigenvalue weighted by Crippen LogP contribution is 1.77. The van der Waals surface area contributed by atoms with E-state index < -0.39 is 0 Å². The van der Waals surface area contributed by atoms with E-state index in [0.29, 0.717) is 0 Å². The van der Waals surface area contributed by atoms with Crippen LogP contribution >= 0.6 is 0 Å². The van der Waals surface area contributed by atoms with Gasteiger partial charge in [-0.2, -0.15) is 0 Å². The van der Waals surface area contributed by atoms with Crippen LogP contribution in [0.5, 0.6) is 0 Å². The van der Waals surface area contributed by atoms with Crippen molar-refractivity contribution in [1.82, 2.24) is 0 Å². The van der Waals surface area contributed by atoms with Crippen molar-refractivity contribution in [2.75, 3.05) is 7.11 Å². The van der Waals surface area contributed by atoms with Crippen LogP contribution < -0.4 is 0 Å². The standard InChI is InChI=1S/2C4H10.CH4O/c2*1-3-4-2;1-2/h2*3-4H2,1-2H3;2H,1H3. The number of aliphatic hydroxyl groups is 1. The molecule has 1 heteroatoms. The predicted molar refractivity (Wildman–Crippen MR) is 49.3 cm³/mol. The molecule has 0 heterocycles.